The molecule has 0 unspecified atom stereocenters. The quantitative estimate of drug-likeness (QED) is 0.206. The summed E-state index contributed by atoms with van der Waals surface area (Å²) in [5.41, 5.74) is 8.46. The van der Waals surface area contributed by atoms with Crippen molar-refractivity contribution in [3.63, 3.8) is 0 Å². The molecule has 0 spiro atoms. The van der Waals surface area contributed by atoms with Gasteiger partial charge in [0.1, 0.15) is 11.5 Å². The monoisotopic (exact) mass is 532 g/mol. The first-order valence-electron chi connectivity index (χ1n) is 13.5. The lowest BCUT2D eigenvalue weighted by molar-refractivity contribution is -0.120. The molecule has 3 heterocycles. The van der Waals surface area contributed by atoms with Crippen molar-refractivity contribution in [2.45, 2.75) is 39.5 Å². The second kappa shape index (κ2) is 10.7. The number of aromatic nitrogens is 5. The van der Waals surface area contributed by atoms with Gasteiger partial charge in [-0.05, 0) is 60.4 Å². The Morgan fingerprint density at radius 3 is 2.83 bits per heavy atom. The van der Waals surface area contributed by atoms with Gasteiger partial charge in [0.2, 0.25) is 5.91 Å². The molecule has 0 atom stereocenters. The van der Waals surface area contributed by atoms with Crippen LogP contribution in [0.3, 0.4) is 0 Å². The molecule has 200 valence electrons. The van der Waals surface area contributed by atoms with E-state index in [-0.39, 0.29) is 11.7 Å². The van der Waals surface area contributed by atoms with Crippen LogP contribution in [0.5, 0.6) is 0 Å². The number of carbonyl (C=O) groups excluding carboxylic acids is 1. The number of allylic oxidation sites excluding steroid dienone is 5. The van der Waals surface area contributed by atoms with E-state index in [9.17, 15) is 9.18 Å². The van der Waals surface area contributed by atoms with E-state index < -0.39 is 0 Å². The minimum Gasteiger partial charge on any atom is -0.335 e. The Morgan fingerprint density at radius 1 is 1.07 bits per heavy atom. The lowest BCUT2D eigenvalue weighted by atomic mass is 10.0. The van der Waals surface area contributed by atoms with E-state index in [1.165, 1.54) is 12.1 Å². The van der Waals surface area contributed by atoms with Gasteiger partial charge >= 0.3 is 0 Å². The molecule has 0 aliphatic heterocycles. The molecule has 0 fully saturated rings. The number of nitrogens with zero attached hydrogens (tertiary/aromatic N) is 3. The number of hydrogen-bond acceptors (Lipinski definition) is 4. The Hall–Kier alpha value is -4.85. The van der Waals surface area contributed by atoms with Gasteiger partial charge in [0.15, 0.2) is 5.82 Å². The predicted molar refractivity (Wildman–Crippen MR) is 156 cm³/mol. The Labute approximate surface area is 231 Å². The van der Waals surface area contributed by atoms with Crippen LogP contribution in [-0.2, 0) is 4.79 Å². The second-order valence-electron chi connectivity index (χ2n) is 10.1. The minimum absolute atomic E-state index is 0.0463. The minimum atomic E-state index is -0.313. The Kier molecular flexibility index (Phi) is 6.82. The second-order valence-corrected chi connectivity index (χ2v) is 10.1. The maximum absolute atomic E-state index is 13.9. The number of unbranched alkanes of at least 4 members (excludes halogenated alkanes) is 1. The van der Waals surface area contributed by atoms with Crippen LogP contribution in [0.4, 0.5) is 4.39 Å². The Bertz CT molecular complexity index is 1840. The molecule has 1 aliphatic carbocycles. The molecule has 5 aromatic rings. The maximum atomic E-state index is 13.9. The molecular formula is C32H29FN6O. The summed E-state index contributed by atoms with van der Waals surface area (Å²) in [6.45, 7) is 4.15. The smallest absolute Gasteiger partial charge is 0.224 e. The summed E-state index contributed by atoms with van der Waals surface area (Å²) in [7, 11) is 0. The molecule has 6 rings (SSSR count). The molecule has 2 aromatic carbocycles. The lowest BCUT2D eigenvalue weighted by Gasteiger charge is -2.09. The number of imidazole rings is 1. The highest BCUT2D eigenvalue weighted by atomic mass is 19.1. The number of amides is 1. The average Bonchev–Trinajstić information content (AvgIpc) is 3.53. The van der Waals surface area contributed by atoms with Crippen molar-refractivity contribution in [2.75, 3.05) is 0 Å². The number of nitrogens with one attached hydrogen (secondary N) is 3. The van der Waals surface area contributed by atoms with Crippen molar-refractivity contribution in [3.05, 3.63) is 95.7 Å². The van der Waals surface area contributed by atoms with Gasteiger partial charge in [-0.25, -0.2) is 9.37 Å². The van der Waals surface area contributed by atoms with E-state index in [1.54, 1.807) is 18.5 Å². The maximum Gasteiger partial charge on any atom is 0.224 e. The molecule has 0 saturated carbocycles. The summed E-state index contributed by atoms with van der Waals surface area (Å²) >= 11 is 0. The highest BCUT2D eigenvalue weighted by Crippen LogP contribution is 2.33. The predicted octanol–water partition coefficient (Wildman–Crippen LogP) is 7.23. The Balaban J connectivity index is 1.39. The van der Waals surface area contributed by atoms with E-state index >= 15 is 0 Å². The SMILES string of the molecule is CCCCC(=O)NC1=CC(c2ccc3[nH]nc(-c4nc5c(-c6cccc(F)c6)cncc5[nH]4)c3c2)=CC(C)=CC1. The molecule has 7 nitrogen and oxygen atoms in total. The Morgan fingerprint density at radius 2 is 1.98 bits per heavy atom. The van der Waals surface area contributed by atoms with Gasteiger partial charge in [0, 0.05) is 35.7 Å². The molecule has 3 aromatic heterocycles. The van der Waals surface area contributed by atoms with Crippen molar-refractivity contribution in [1.29, 1.82) is 0 Å². The summed E-state index contributed by atoms with van der Waals surface area (Å²) in [6.07, 6.45) is 12.8. The van der Waals surface area contributed by atoms with Gasteiger partial charge in [0.25, 0.3) is 0 Å². The van der Waals surface area contributed by atoms with Gasteiger partial charge in [-0.2, -0.15) is 5.10 Å². The fraction of sp³-hybridized carbons (Fsp3) is 0.188. The van der Waals surface area contributed by atoms with Crippen LogP contribution in [-0.4, -0.2) is 31.1 Å². The van der Waals surface area contributed by atoms with Crippen molar-refractivity contribution < 1.29 is 9.18 Å². The van der Waals surface area contributed by atoms with Crippen molar-refractivity contribution in [2.24, 2.45) is 0 Å². The number of fused-ring (bicyclic) bond motifs is 2. The average molecular weight is 533 g/mol. The summed E-state index contributed by atoms with van der Waals surface area (Å²) in [5.74, 6) is 0.325. The topological polar surface area (TPSA) is 99.3 Å². The molecule has 40 heavy (non-hydrogen) atoms. The van der Waals surface area contributed by atoms with Crippen molar-refractivity contribution in [3.8, 4) is 22.6 Å². The lowest BCUT2D eigenvalue weighted by Crippen LogP contribution is -2.22. The summed E-state index contributed by atoms with van der Waals surface area (Å²) in [4.78, 5) is 25.0. The van der Waals surface area contributed by atoms with Crippen LogP contribution in [0.2, 0.25) is 0 Å². The molecule has 0 radical (unpaired) electrons. The van der Waals surface area contributed by atoms with Crippen LogP contribution in [0, 0.1) is 5.82 Å². The molecule has 3 N–H and O–H groups in total. The number of H-pyrrole nitrogens is 2. The van der Waals surface area contributed by atoms with Crippen molar-refractivity contribution in [1.82, 2.24) is 30.5 Å². The molecule has 8 heteroatoms. The van der Waals surface area contributed by atoms with Gasteiger partial charge in [-0.15, -0.1) is 0 Å². The number of aromatic amines is 2. The fourth-order valence-corrected chi connectivity index (χ4v) is 4.98. The number of halogens is 1. The number of benzene rings is 2. The van der Waals surface area contributed by atoms with Crippen molar-refractivity contribution >= 4 is 33.4 Å². The molecule has 0 saturated heterocycles. The first-order valence-corrected chi connectivity index (χ1v) is 13.5. The third kappa shape index (κ3) is 5.08. The third-order valence-corrected chi connectivity index (χ3v) is 7.06. The molecular weight excluding hydrogens is 503 g/mol. The zero-order valence-corrected chi connectivity index (χ0v) is 22.4. The van der Waals surface area contributed by atoms with Crippen LogP contribution < -0.4 is 5.32 Å². The first-order chi connectivity index (χ1) is 19.5. The van der Waals surface area contributed by atoms with Crippen LogP contribution >= 0.6 is 0 Å². The van der Waals surface area contributed by atoms with Gasteiger partial charge in [-0.1, -0.05) is 49.3 Å². The number of carbonyl (C=O) groups is 1. The van der Waals surface area contributed by atoms with Gasteiger partial charge in [-0.3, -0.25) is 14.9 Å². The standard InChI is InChI=1S/C32H29FN6O/c1-3-4-8-29(40)35-24-11-9-19(2)13-22(15-24)20-10-12-27-25(16-20)31(39-38-27)32-36-28-18-34-17-26(30(28)37-32)21-6-5-7-23(33)14-21/h5-7,9-10,12-18H,3-4,8,11H2,1-2H3,(H,35,40)(H,36,37)(H,38,39). The van der Waals surface area contributed by atoms with Gasteiger partial charge < -0.3 is 10.3 Å². The van der Waals surface area contributed by atoms with Crippen LogP contribution in [0.1, 0.15) is 45.1 Å². The fourth-order valence-electron chi connectivity index (χ4n) is 4.98. The van der Waals surface area contributed by atoms with E-state index in [4.69, 9.17) is 4.98 Å². The van der Waals surface area contributed by atoms with E-state index in [1.807, 2.05) is 18.2 Å². The van der Waals surface area contributed by atoms with E-state index in [0.717, 1.165) is 57.2 Å². The molecule has 0 bridgehead atoms. The summed E-state index contributed by atoms with van der Waals surface area (Å²) in [5, 5.41) is 11.7. The summed E-state index contributed by atoms with van der Waals surface area (Å²) in [6, 6.07) is 12.6. The zero-order chi connectivity index (χ0) is 27.6. The largest absolute Gasteiger partial charge is 0.335 e. The number of hydrogen-bond donors (Lipinski definition) is 3. The zero-order valence-electron chi connectivity index (χ0n) is 22.4. The molecule has 1 aliphatic rings. The first kappa shape index (κ1) is 25.4. The van der Waals surface area contributed by atoms with E-state index in [0.29, 0.717) is 35.4 Å². The number of pyridine rings is 1. The third-order valence-electron chi connectivity index (χ3n) is 7.06. The molecule has 1 amide bonds. The highest BCUT2D eigenvalue weighted by Gasteiger charge is 2.17. The normalized spacial score (nSPS) is 13.6. The van der Waals surface area contributed by atoms with Gasteiger partial charge in [0.05, 0.1) is 22.7 Å². The number of rotatable bonds is 7. The van der Waals surface area contributed by atoms with Crippen LogP contribution in [0.15, 0.2) is 84.4 Å². The van der Waals surface area contributed by atoms with E-state index in [2.05, 4.69) is 63.6 Å². The summed E-state index contributed by atoms with van der Waals surface area (Å²) < 4.78 is 13.9. The van der Waals surface area contributed by atoms with Crippen LogP contribution in [0.25, 0.3) is 50.2 Å². The highest BCUT2D eigenvalue weighted by molar-refractivity contribution is 5.98.